The van der Waals surface area contributed by atoms with Gasteiger partial charge in [-0.2, -0.15) is 16.8 Å². The predicted molar refractivity (Wildman–Crippen MR) is 80.2 cm³/mol. The first-order valence-electron chi connectivity index (χ1n) is 6.62. The Morgan fingerprint density at radius 3 is 1.95 bits per heavy atom. The van der Waals surface area contributed by atoms with Crippen molar-refractivity contribution in [1.82, 2.24) is 0 Å². The lowest BCUT2D eigenvalue weighted by atomic mass is 10.1. The van der Waals surface area contributed by atoms with Crippen LogP contribution in [0.25, 0.3) is 0 Å². The van der Waals surface area contributed by atoms with Crippen LogP contribution in [0.2, 0.25) is 0 Å². The molecule has 8 nitrogen and oxygen atoms in total. The zero-order valence-electron chi connectivity index (χ0n) is 13.5. The fourth-order valence-electron chi connectivity index (χ4n) is 1.49. The maximum absolute atomic E-state index is 11.6. The fraction of sp³-hybridized carbons (Fsp3) is 0.917. The lowest BCUT2D eigenvalue weighted by molar-refractivity contribution is -0.155. The molecular formula is C12H24O8S2. The molecule has 0 aliphatic heterocycles. The van der Waals surface area contributed by atoms with E-state index in [1.165, 1.54) is 0 Å². The predicted octanol–water partition coefficient (Wildman–Crippen LogP) is 0.819. The van der Waals surface area contributed by atoms with Gasteiger partial charge in [-0.1, -0.05) is 0 Å². The molecule has 0 aliphatic carbocycles. The van der Waals surface area contributed by atoms with E-state index >= 15 is 0 Å². The van der Waals surface area contributed by atoms with Crippen molar-refractivity contribution in [3.8, 4) is 0 Å². The van der Waals surface area contributed by atoms with E-state index in [0.717, 1.165) is 12.5 Å². The summed E-state index contributed by atoms with van der Waals surface area (Å²) >= 11 is 0. The number of ether oxygens (including phenoxy) is 1. The van der Waals surface area contributed by atoms with Gasteiger partial charge in [0, 0.05) is 6.42 Å². The molecule has 0 radical (unpaired) electrons. The Hall–Kier alpha value is -0.710. The highest BCUT2D eigenvalue weighted by Gasteiger charge is 2.21. The topological polar surface area (TPSA) is 113 Å². The first-order chi connectivity index (χ1) is 9.68. The number of hydrogen-bond acceptors (Lipinski definition) is 8. The van der Waals surface area contributed by atoms with Crippen LogP contribution in [0.3, 0.4) is 0 Å². The SMILES string of the molecule is CC(C)(C)OC(=O)CCC(CCOS(C)(=O)=O)OS(C)(=O)=O. The molecule has 0 N–H and O–H groups in total. The third kappa shape index (κ3) is 14.2. The molecule has 0 fully saturated rings. The summed E-state index contributed by atoms with van der Waals surface area (Å²) in [5, 5.41) is 0. The molecule has 0 aromatic rings. The Labute approximate surface area is 132 Å². The summed E-state index contributed by atoms with van der Waals surface area (Å²) in [6, 6.07) is 0. The number of carbonyl (C=O) groups excluding carboxylic acids is 1. The van der Waals surface area contributed by atoms with Gasteiger partial charge in [-0.3, -0.25) is 13.2 Å². The molecule has 0 saturated carbocycles. The van der Waals surface area contributed by atoms with Gasteiger partial charge in [0.05, 0.1) is 25.2 Å². The second kappa shape index (κ2) is 8.23. The monoisotopic (exact) mass is 360 g/mol. The Balaban J connectivity index is 4.51. The Kier molecular flexibility index (Phi) is 7.96. The quantitative estimate of drug-likeness (QED) is 0.439. The van der Waals surface area contributed by atoms with E-state index in [2.05, 4.69) is 4.18 Å². The summed E-state index contributed by atoms with van der Waals surface area (Å²) in [5.41, 5.74) is -0.635. The van der Waals surface area contributed by atoms with Crippen LogP contribution in [0.1, 0.15) is 40.0 Å². The molecule has 0 aliphatic rings. The molecule has 22 heavy (non-hydrogen) atoms. The summed E-state index contributed by atoms with van der Waals surface area (Å²) in [6.45, 7) is 4.92. The first-order valence-corrected chi connectivity index (χ1v) is 10.3. The van der Waals surface area contributed by atoms with E-state index < -0.39 is 37.9 Å². The van der Waals surface area contributed by atoms with Crippen molar-refractivity contribution >= 4 is 26.2 Å². The van der Waals surface area contributed by atoms with Crippen molar-refractivity contribution in [3.63, 3.8) is 0 Å². The average Bonchev–Trinajstić information content (AvgIpc) is 2.19. The summed E-state index contributed by atoms with van der Waals surface area (Å²) in [4.78, 5) is 11.6. The molecule has 132 valence electrons. The van der Waals surface area contributed by atoms with Crippen LogP contribution in [0, 0.1) is 0 Å². The second-order valence-electron chi connectivity index (χ2n) is 5.86. The molecule has 0 aromatic heterocycles. The van der Waals surface area contributed by atoms with Gasteiger partial charge in [-0.25, -0.2) is 0 Å². The smallest absolute Gasteiger partial charge is 0.306 e. The van der Waals surface area contributed by atoms with E-state index in [4.69, 9.17) is 8.92 Å². The molecule has 0 aromatic carbocycles. The Bertz CT molecular complexity index is 556. The van der Waals surface area contributed by atoms with Crippen molar-refractivity contribution in [2.45, 2.75) is 51.7 Å². The van der Waals surface area contributed by atoms with Crippen molar-refractivity contribution in [1.29, 1.82) is 0 Å². The van der Waals surface area contributed by atoms with Crippen molar-refractivity contribution in [3.05, 3.63) is 0 Å². The van der Waals surface area contributed by atoms with E-state index in [1.54, 1.807) is 20.8 Å². The third-order valence-electron chi connectivity index (χ3n) is 2.14. The molecule has 1 atom stereocenters. The zero-order chi connectivity index (χ0) is 17.6. The summed E-state index contributed by atoms with van der Waals surface area (Å²) in [7, 11) is -7.34. The van der Waals surface area contributed by atoms with Crippen LogP contribution < -0.4 is 0 Å². The third-order valence-corrected chi connectivity index (χ3v) is 3.36. The minimum absolute atomic E-state index is 0.0168. The zero-order valence-corrected chi connectivity index (χ0v) is 15.1. The van der Waals surface area contributed by atoms with E-state index in [9.17, 15) is 21.6 Å². The van der Waals surface area contributed by atoms with Gasteiger partial charge in [0.1, 0.15) is 5.60 Å². The van der Waals surface area contributed by atoms with Gasteiger partial charge in [-0.15, -0.1) is 0 Å². The minimum Gasteiger partial charge on any atom is -0.460 e. The number of carbonyl (C=O) groups is 1. The van der Waals surface area contributed by atoms with Gasteiger partial charge >= 0.3 is 5.97 Å². The van der Waals surface area contributed by atoms with Crippen LogP contribution in [-0.2, 0) is 38.1 Å². The first kappa shape index (κ1) is 21.3. The Morgan fingerprint density at radius 2 is 1.55 bits per heavy atom. The average molecular weight is 360 g/mol. The normalized spacial score (nSPS) is 14.6. The highest BCUT2D eigenvalue weighted by Crippen LogP contribution is 2.14. The number of esters is 1. The lowest BCUT2D eigenvalue weighted by Crippen LogP contribution is -2.26. The maximum Gasteiger partial charge on any atom is 0.306 e. The number of rotatable bonds is 9. The highest BCUT2D eigenvalue weighted by atomic mass is 32.2. The van der Waals surface area contributed by atoms with Crippen LogP contribution in [0.5, 0.6) is 0 Å². The summed E-state index contributed by atoms with van der Waals surface area (Å²) in [5.74, 6) is -0.487. The maximum atomic E-state index is 11.6. The molecule has 0 bridgehead atoms. The van der Waals surface area contributed by atoms with Crippen LogP contribution in [-0.4, -0.2) is 53.6 Å². The second-order valence-corrected chi connectivity index (χ2v) is 9.11. The van der Waals surface area contributed by atoms with Crippen LogP contribution >= 0.6 is 0 Å². The van der Waals surface area contributed by atoms with Gasteiger partial charge in [-0.05, 0) is 33.6 Å². The Morgan fingerprint density at radius 1 is 1.00 bits per heavy atom. The van der Waals surface area contributed by atoms with Gasteiger partial charge < -0.3 is 4.74 Å². The number of hydrogen-bond donors (Lipinski definition) is 0. The molecule has 10 heteroatoms. The van der Waals surface area contributed by atoms with Crippen molar-refractivity contribution in [2.75, 3.05) is 19.1 Å². The van der Waals surface area contributed by atoms with Gasteiger partial charge in [0.2, 0.25) is 0 Å². The van der Waals surface area contributed by atoms with Crippen molar-refractivity contribution < 1.29 is 34.7 Å². The standard InChI is InChI=1S/C12H24O8S2/c1-12(2,3)19-11(13)7-6-10(20-22(5,16)17)8-9-18-21(4,14)15/h10H,6-9H2,1-5H3. The molecule has 0 spiro atoms. The van der Waals surface area contributed by atoms with Crippen molar-refractivity contribution in [2.24, 2.45) is 0 Å². The minimum atomic E-state index is -3.73. The lowest BCUT2D eigenvalue weighted by Gasteiger charge is -2.21. The van der Waals surface area contributed by atoms with E-state index in [0.29, 0.717) is 0 Å². The fourth-order valence-corrected chi connectivity index (χ4v) is 2.58. The molecular weight excluding hydrogens is 336 g/mol. The molecule has 0 rings (SSSR count). The van der Waals surface area contributed by atoms with Gasteiger partial charge in [0.25, 0.3) is 20.2 Å². The van der Waals surface area contributed by atoms with Crippen LogP contribution in [0.4, 0.5) is 0 Å². The molecule has 0 saturated heterocycles. The highest BCUT2D eigenvalue weighted by molar-refractivity contribution is 7.86. The largest absolute Gasteiger partial charge is 0.460 e. The molecule has 0 heterocycles. The summed E-state index contributed by atoms with van der Waals surface area (Å²) < 4.78 is 58.6. The van der Waals surface area contributed by atoms with Crippen LogP contribution in [0.15, 0.2) is 0 Å². The van der Waals surface area contributed by atoms with E-state index in [1.807, 2.05) is 0 Å². The molecule has 1 unspecified atom stereocenters. The van der Waals surface area contributed by atoms with Gasteiger partial charge in [0.15, 0.2) is 0 Å². The molecule has 0 amide bonds. The summed E-state index contributed by atoms with van der Waals surface area (Å²) in [6.07, 6.45) is 0.962. The van der Waals surface area contributed by atoms with E-state index in [-0.39, 0.29) is 25.9 Å².